The van der Waals surface area contributed by atoms with E-state index >= 15 is 0 Å². The Bertz CT molecular complexity index is 388. The molecule has 0 spiro atoms. The third kappa shape index (κ3) is 2.90. The number of nitrogens with zero attached hydrogens (tertiary/aromatic N) is 3. The van der Waals surface area contributed by atoms with E-state index in [1.165, 1.54) is 18.5 Å². The number of aryl methyl sites for hydroxylation is 2. The first-order valence-electron chi connectivity index (χ1n) is 6.56. The first-order valence-corrected chi connectivity index (χ1v) is 7.78. The van der Waals surface area contributed by atoms with Crippen LogP contribution in [0.2, 0.25) is 0 Å². The minimum Gasteiger partial charge on any atom is -0.329 e. The van der Waals surface area contributed by atoms with E-state index in [9.17, 15) is 0 Å². The number of hydrogen-bond acceptors (Lipinski definition) is 4. The SMILES string of the molecule is CSC1(CN)CCN(Cc2cc(C)nn2C)CC1. The topological polar surface area (TPSA) is 47.1 Å². The average Bonchev–Trinajstić information content (AvgIpc) is 2.69. The minimum absolute atomic E-state index is 0.318. The molecule has 0 unspecified atom stereocenters. The number of aromatic nitrogens is 2. The van der Waals surface area contributed by atoms with Gasteiger partial charge in [-0.2, -0.15) is 16.9 Å². The Morgan fingerprint density at radius 1 is 1.44 bits per heavy atom. The van der Waals surface area contributed by atoms with Crippen molar-refractivity contribution in [1.82, 2.24) is 14.7 Å². The van der Waals surface area contributed by atoms with Crippen LogP contribution in [0.4, 0.5) is 0 Å². The van der Waals surface area contributed by atoms with Gasteiger partial charge in [0.25, 0.3) is 0 Å². The van der Waals surface area contributed by atoms with E-state index in [1.807, 2.05) is 30.4 Å². The van der Waals surface area contributed by atoms with Crippen molar-refractivity contribution in [3.8, 4) is 0 Å². The Kier molecular flexibility index (Phi) is 4.35. The highest BCUT2D eigenvalue weighted by Crippen LogP contribution is 2.33. The van der Waals surface area contributed by atoms with Gasteiger partial charge in [0.05, 0.1) is 11.4 Å². The van der Waals surface area contributed by atoms with Crippen LogP contribution in [-0.4, -0.2) is 45.3 Å². The summed E-state index contributed by atoms with van der Waals surface area (Å²) in [6, 6.07) is 2.18. The molecule has 0 aromatic carbocycles. The number of thioether (sulfide) groups is 1. The van der Waals surface area contributed by atoms with Crippen molar-refractivity contribution in [3.05, 3.63) is 17.5 Å². The van der Waals surface area contributed by atoms with Crippen LogP contribution in [0.1, 0.15) is 24.2 Å². The summed E-state index contributed by atoms with van der Waals surface area (Å²) in [5.41, 5.74) is 8.33. The van der Waals surface area contributed by atoms with Crippen molar-refractivity contribution < 1.29 is 0 Å². The van der Waals surface area contributed by atoms with Crippen LogP contribution in [0, 0.1) is 6.92 Å². The maximum absolute atomic E-state index is 5.92. The summed E-state index contributed by atoms with van der Waals surface area (Å²) in [7, 11) is 2.03. The highest BCUT2D eigenvalue weighted by atomic mass is 32.2. The number of hydrogen-bond donors (Lipinski definition) is 1. The third-order valence-corrected chi connectivity index (χ3v) is 5.50. The Hall–Kier alpha value is -0.520. The second kappa shape index (κ2) is 5.63. The van der Waals surface area contributed by atoms with Gasteiger partial charge in [-0.05, 0) is 45.2 Å². The molecule has 1 aromatic rings. The molecule has 2 heterocycles. The van der Waals surface area contributed by atoms with Crippen molar-refractivity contribution in [2.45, 2.75) is 31.1 Å². The van der Waals surface area contributed by atoms with Gasteiger partial charge in [0, 0.05) is 24.9 Å². The van der Waals surface area contributed by atoms with Crippen molar-refractivity contribution in [2.75, 3.05) is 25.9 Å². The standard InChI is InChI=1S/C13H24N4S/c1-11-8-12(16(2)15-11)9-17-6-4-13(10-14,18-3)5-7-17/h8H,4-7,9-10,14H2,1-3H3. The molecular weight excluding hydrogens is 244 g/mol. The van der Waals surface area contributed by atoms with Crippen LogP contribution in [0.25, 0.3) is 0 Å². The molecular formula is C13H24N4S. The lowest BCUT2D eigenvalue weighted by Gasteiger charge is -2.40. The highest BCUT2D eigenvalue weighted by Gasteiger charge is 2.32. The second-order valence-electron chi connectivity index (χ2n) is 5.27. The van der Waals surface area contributed by atoms with E-state index in [1.54, 1.807) is 0 Å². The molecule has 1 aliphatic heterocycles. The Morgan fingerprint density at radius 3 is 2.56 bits per heavy atom. The van der Waals surface area contributed by atoms with E-state index in [2.05, 4.69) is 22.3 Å². The van der Waals surface area contributed by atoms with Gasteiger partial charge in [-0.25, -0.2) is 0 Å². The summed E-state index contributed by atoms with van der Waals surface area (Å²) in [5.74, 6) is 0. The molecule has 1 fully saturated rings. The smallest absolute Gasteiger partial charge is 0.0597 e. The number of piperidine rings is 1. The maximum atomic E-state index is 5.92. The molecule has 102 valence electrons. The molecule has 0 amide bonds. The quantitative estimate of drug-likeness (QED) is 0.896. The zero-order valence-corrected chi connectivity index (χ0v) is 12.5. The molecule has 18 heavy (non-hydrogen) atoms. The van der Waals surface area contributed by atoms with Gasteiger partial charge in [0.1, 0.15) is 0 Å². The summed E-state index contributed by atoms with van der Waals surface area (Å²) in [6.45, 7) is 6.14. The molecule has 4 nitrogen and oxygen atoms in total. The van der Waals surface area contributed by atoms with Crippen LogP contribution in [0.5, 0.6) is 0 Å². The van der Waals surface area contributed by atoms with Gasteiger partial charge in [0.2, 0.25) is 0 Å². The molecule has 1 aromatic heterocycles. The third-order valence-electron chi connectivity index (χ3n) is 4.06. The molecule has 5 heteroatoms. The average molecular weight is 268 g/mol. The van der Waals surface area contributed by atoms with Crippen LogP contribution >= 0.6 is 11.8 Å². The van der Waals surface area contributed by atoms with E-state index in [0.29, 0.717) is 4.75 Å². The molecule has 0 atom stereocenters. The van der Waals surface area contributed by atoms with E-state index < -0.39 is 0 Å². The van der Waals surface area contributed by atoms with Gasteiger partial charge >= 0.3 is 0 Å². The van der Waals surface area contributed by atoms with Gasteiger partial charge < -0.3 is 5.73 Å². The van der Waals surface area contributed by atoms with Gasteiger partial charge in [-0.15, -0.1) is 0 Å². The molecule has 1 saturated heterocycles. The Balaban J connectivity index is 1.93. The lowest BCUT2D eigenvalue weighted by Crippen LogP contribution is -2.46. The van der Waals surface area contributed by atoms with Crippen LogP contribution in [0.15, 0.2) is 6.07 Å². The van der Waals surface area contributed by atoms with Crippen LogP contribution < -0.4 is 5.73 Å². The predicted molar refractivity (Wildman–Crippen MR) is 77.8 cm³/mol. The minimum atomic E-state index is 0.318. The molecule has 2 rings (SSSR count). The summed E-state index contributed by atoms with van der Waals surface area (Å²) in [4.78, 5) is 2.51. The second-order valence-corrected chi connectivity index (χ2v) is 6.54. The first-order chi connectivity index (χ1) is 8.58. The zero-order valence-electron chi connectivity index (χ0n) is 11.6. The van der Waals surface area contributed by atoms with Crippen LogP contribution in [0.3, 0.4) is 0 Å². The summed E-state index contributed by atoms with van der Waals surface area (Å²) in [6.07, 6.45) is 4.58. The predicted octanol–water partition coefficient (Wildman–Crippen LogP) is 1.38. The monoisotopic (exact) mass is 268 g/mol. The lowest BCUT2D eigenvalue weighted by molar-refractivity contribution is 0.191. The van der Waals surface area contributed by atoms with Gasteiger partial charge in [-0.1, -0.05) is 0 Å². The molecule has 0 aliphatic carbocycles. The maximum Gasteiger partial charge on any atom is 0.0597 e. The summed E-state index contributed by atoms with van der Waals surface area (Å²) >= 11 is 1.94. The number of likely N-dealkylation sites (tertiary alicyclic amines) is 1. The number of nitrogens with two attached hydrogens (primary N) is 1. The molecule has 1 aliphatic rings. The van der Waals surface area contributed by atoms with Crippen molar-refractivity contribution >= 4 is 11.8 Å². The molecule has 0 bridgehead atoms. The van der Waals surface area contributed by atoms with E-state index in [0.717, 1.165) is 31.9 Å². The van der Waals surface area contributed by atoms with Crippen molar-refractivity contribution in [2.24, 2.45) is 12.8 Å². The number of rotatable bonds is 4. The van der Waals surface area contributed by atoms with Crippen LogP contribution in [-0.2, 0) is 13.6 Å². The van der Waals surface area contributed by atoms with Crippen molar-refractivity contribution in [1.29, 1.82) is 0 Å². The van der Waals surface area contributed by atoms with E-state index in [-0.39, 0.29) is 0 Å². The summed E-state index contributed by atoms with van der Waals surface area (Å²) < 4.78 is 2.31. The lowest BCUT2D eigenvalue weighted by atomic mass is 9.95. The highest BCUT2D eigenvalue weighted by molar-refractivity contribution is 8.00. The first kappa shape index (κ1) is 13.9. The Labute approximate surface area is 114 Å². The largest absolute Gasteiger partial charge is 0.329 e. The van der Waals surface area contributed by atoms with Gasteiger partial charge in [0.15, 0.2) is 0 Å². The Morgan fingerprint density at radius 2 is 2.11 bits per heavy atom. The molecule has 0 radical (unpaired) electrons. The van der Waals surface area contributed by atoms with Gasteiger partial charge in [-0.3, -0.25) is 9.58 Å². The van der Waals surface area contributed by atoms with Crippen molar-refractivity contribution in [3.63, 3.8) is 0 Å². The fraction of sp³-hybridized carbons (Fsp3) is 0.769. The fourth-order valence-electron chi connectivity index (χ4n) is 2.65. The summed E-state index contributed by atoms with van der Waals surface area (Å²) in [5, 5.41) is 4.40. The fourth-order valence-corrected chi connectivity index (χ4v) is 3.41. The normalized spacial score (nSPS) is 20.2. The zero-order chi connectivity index (χ0) is 13.2. The molecule has 0 saturated carbocycles. The van der Waals surface area contributed by atoms with E-state index in [4.69, 9.17) is 5.73 Å². The molecule has 2 N–H and O–H groups in total.